The Balaban J connectivity index is 2.44. The lowest BCUT2D eigenvalue weighted by atomic mass is 10.1. The number of carbonyl (C=O) groups is 1. The molecular formula is C14H20BrNO. The third kappa shape index (κ3) is 4.90. The Labute approximate surface area is 112 Å². The first kappa shape index (κ1) is 14.2. The molecule has 0 aromatic heterocycles. The number of halogens is 1. The van der Waals surface area contributed by atoms with Gasteiger partial charge in [0.05, 0.1) is 0 Å². The summed E-state index contributed by atoms with van der Waals surface area (Å²) in [5.74, 6) is 0.243. The van der Waals surface area contributed by atoms with Crippen molar-refractivity contribution in [3.05, 3.63) is 35.4 Å². The van der Waals surface area contributed by atoms with Gasteiger partial charge in [-0.1, -0.05) is 45.8 Å². The summed E-state index contributed by atoms with van der Waals surface area (Å²) in [5.41, 5.74) is 2.49. The van der Waals surface area contributed by atoms with Gasteiger partial charge in [-0.15, -0.1) is 0 Å². The third-order valence-corrected chi connectivity index (χ3v) is 3.19. The van der Waals surface area contributed by atoms with E-state index < -0.39 is 0 Å². The molecule has 0 radical (unpaired) electrons. The fourth-order valence-corrected chi connectivity index (χ4v) is 2.15. The summed E-state index contributed by atoms with van der Waals surface area (Å²) in [6.45, 7) is 5.68. The van der Waals surface area contributed by atoms with E-state index in [2.05, 4.69) is 47.1 Å². The van der Waals surface area contributed by atoms with Crippen molar-refractivity contribution in [2.75, 3.05) is 18.4 Å². The second-order valence-corrected chi connectivity index (χ2v) is 4.94. The number of benzene rings is 1. The molecule has 0 heterocycles. The van der Waals surface area contributed by atoms with Crippen LogP contribution in [0.4, 0.5) is 0 Å². The van der Waals surface area contributed by atoms with Gasteiger partial charge in [-0.05, 0) is 25.8 Å². The molecule has 0 unspecified atom stereocenters. The highest BCUT2D eigenvalue weighted by Crippen LogP contribution is 2.07. The van der Waals surface area contributed by atoms with Gasteiger partial charge in [0.1, 0.15) is 0 Å². The summed E-state index contributed by atoms with van der Waals surface area (Å²) >= 11 is 3.37. The van der Waals surface area contributed by atoms with Crippen molar-refractivity contribution in [3.63, 3.8) is 0 Å². The van der Waals surface area contributed by atoms with Gasteiger partial charge in [0.2, 0.25) is 5.91 Å². The summed E-state index contributed by atoms with van der Waals surface area (Å²) in [7, 11) is 0. The molecule has 0 spiro atoms. The van der Waals surface area contributed by atoms with E-state index in [1.165, 1.54) is 11.1 Å². The predicted molar refractivity (Wildman–Crippen MR) is 75.5 cm³/mol. The third-order valence-electron chi connectivity index (χ3n) is 2.84. The molecule has 94 valence electrons. The summed E-state index contributed by atoms with van der Waals surface area (Å²) in [5, 5.41) is 0.844. The molecule has 3 heteroatoms. The van der Waals surface area contributed by atoms with Crippen molar-refractivity contribution in [3.8, 4) is 0 Å². The Morgan fingerprint density at radius 2 is 1.94 bits per heavy atom. The van der Waals surface area contributed by atoms with Crippen molar-refractivity contribution < 1.29 is 4.79 Å². The number of nitrogens with zero attached hydrogens (tertiary/aromatic N) is 1. The Kier molecular flexibility index (Phi) is 6.27. The van der Waals surface area contributed by atoms with Crippen molar-refractivity contribution in [2.24, 2.45) is 0 Å². The van der Waals surface area contributed by atoms with Crippen LogP contribution in [0.2, 0.25) is 0 Å². The van der Waals surface area contributed by atoms with E-state index in [9.17, 15) is 4.79 Å². The van der Waals surface area contributed by atoms with Crippen LogP contribution in [0.1, 0.15) is 24.5 Å². The number of hydrogen-bond acceptors (Lipinski definition) is 1. The van der Waals surface area contributed by atoms with Crippen LogP contribution < -0.4 is 0 Å². The SMILES string of the molecule is CCN(CCBr)C(=O)CCc1ccc(C)cc1. The van der Waals surface area contributed by atoms with Crippen molar-refractivity contribution in [1.82, 2.24) is 4.90 Å². The van der Waals surface area contributed by atoms with Crippen LogP contribution in [0.3, 0.4) is 0 Å². The van der Waals surface area contributed by atoms with Gasteiger partial charge in [-0.3, -0.25) is 4.79 Å². The molecule has 0 fully saturated rings. The van der Waals surface area contributed by atoms with Crippen LogP contribution >= 0.6 is 15.9 Å². The summed E-state index contributed by atoms with van der Waals surface area (Å²) in [4.78, 5) is 13.8. The fraction of sp³-hybridized carbons (Fsp3) is 0.500. The number of hydrogen-bond donors (Lipinski definition) is 0. The normalized spacial score (nSPS) is 10.3. The number of aryl methyl sites for hydroxylation is 2. The number of carbonyl (C=O) groups excluding carboxylic acids is 1. The highest BCUT2D eigenvalue weighted by Gasteiger charge is 2.10. The fourth-order valence-electron chi connectivity index (χ4n) is 1.73. The maximum atomic E-state index is 11.9. The maximum absolute atomic E-state index is 11.9. The maximum Gasteiger partial charge on any atom is 0.222 e. The Morgan fingerprint density at radius 1 is 1.29 bits per heavy atom. The Morgan fingerprint density at radius 3 is 2.47 bits per heavy atom. The van der Waals surface area contributed by atoms with Gasteiger partial charge in [0.15, 0.2) is 0 Å². The summed E-state index contributed by atoms with van der Waals surface area (Å²) in [6, 6.07) is 8.39. The molecule has 2 nitrogen and oxygen atoms in total. The molecule has 0 aliphatic rings. The van der Waals surface area contributed by atoms with Crippen molar-refractivity contribution in [1.29, 1.82) is 0 Å². The zero-order valence-corrected chi connectivity index (χ0v) is 12.2. The molecule has 0 saturated carbocycles. The molecule has 1 aromatic carbocycles. The molecule has 0 bridgehead atoms. The van der Waals surface area contributed by atoms with E-state index in [-0.39, 0.29) is 5.91 Å². The molecule has 0 atom stereocenters. The lowest BCUT2D eigenvalue weighted by Gasteiger charge is -2.19. The molecule has 1 rings (SSSR count). The molecule has 0 saturated heterocycles. The van der Waals surface area contributed by atoms with Gasteiger partial charge in [-0.2, -0.15) is 0 Å². The zero-order chi connectivity index (χ0) is 12.7. The van der Waals surface area contributed by atoms with E-state index in [1.807, 2.05) is 11.8 Å². The number of rotatable bonds is 6. The molecule has 1 amide bonds. The molecule has 0 aliphatic heterocycles. The first-order valence-electron chi connectivity index (χ1n) is 6.06. The number of amides is 1. The zero-order valence-electron chi connectivity index (χ0n) is 10.6. The average molecular weight is 298 g/mol. The first-order chi connectivity index (χ1) is 8.17. The quantitative estimate of drug-likeness (QED) is 0.739. The Hall–Kier alpha value is -0.830. The highest BCUT2D eigenvalue weighted by atomic mass is 79.9. The highest BCUT2D eigenvalue weighted by molar-refractivity contribution is 9.09. The monoisotopic (exact) mass is 297 g/mol. The predicted octanol–water partition coefficient (Wildman–Crippen LogP) is 3.17. The number of alkyl halides is 1. The van der Waals surface area contributed by atoms with Gasteiger partial charge >= 0.3 is 0 Å². The van der Waals surface area contributed by atoms with Crippen LogP contribution in [-0.4, -0.2) is 29.2 Å². The molecule has 17 heavy (non-hydrogen) atoms. The lowest BCUT2D eigenvalue weighted by Crippen LogP contribution is -2.32. The van der Waals surface area contributed by atoms with Gasteiger partial charge in [0, 0.05) is 24.8 Å². The standard InChI is InChI=1S/C14H20BrNO/c1-3-16(11-10-15)14(17)9-8-13-6-4-12(2)5-7-13/h4-7H,3,8-11H2,1-2H3. The van der Waals surface area contributed by atoms with Crippen LogP contribution in [0.5, 0.6) is 0 Å². The van der Waals surface area contributed by atoms with Crippen LogP contribution in [0, 0.1) is 6.92 Å². The largest absolute Gasteiger partial charge is 0.342 e. The van der Waals surface area contributed by atoms with E-state index in [0.717, 1.165) is 24.8 Å². The Bertz CT molecular complexity index is 348. The van der Waals surface area contributed by atoms with Crippen molar-refractivity contribution >= 4 is 21.8 Å². The van der Waals surface area contributed by atoms with E-state index >= 15 is 0 Å². The van der Waals surface area contributed by atoms with Gasteiger partial charge in [0.25, 0.3) is 0 Å². The molecule has 0 N–H and O–H groups in total. The van der Waals surface area contributed by atoms with Crippen LogP contribution in [0.25, 0.3) is 0 Å². The van der Waals surface area contributed by atoms with E-state index in [4.69, 9.17) is 0 Å². The van der Waals surface area contributed by atoms with Gasteiger partial charge in [-0.25, -0.2) is 0 Å². The second-order valence-electron chi connectivity index (χ2n) is 4.15. The minimum absolute atomic E-state index is 0.243. The topological polar surface area (TPSA) is 20.3 Å². The molecule has 1 aromatic rings. The molecular weight excluding hydrogens is 278 g/mol. The minimum atomic E-state index is 0.243. The van der Waals surface area contributed by atoms with Gasteiger partial charge < -0.3 is 4.90 Å². The second kappa shape index (κ2) is 7.49. The van der Waals surface area contributed by atoms with Crippen LogP contribution in [0.15, 0.2) is 24.3 Å². The average Bonchev–Trinajstić information content (AvgIpc) is 2.35. The lowest BCUT2D eigenvalue weighted by molar-refractivity contribution is -0.130. The molecule has 0 aliphatic carbocycles. The summed E-state index contributed by atoms with van der Waals surface area (Å²) < 4.78 is 0. The first-order valence-corrected chi connectivity index (χ1v) is 7.18. The van der Waals surface area contributed by atoms with Crippen LogP contribution in [-0.2, 0) is 11.2 Å². The van der Waals surface area contributed by atoms with E-state index in [0.29, 0.717) is 6.42 Å². The minimum Gasteiger partial charge on any atom is -0.342 e. The summed E-state index contributed by atoms with van der Waals surface area (Å²) in [6.07, 6.45) is 1.43. The smallest absolute Gasteiger partial charge is 0.222 e. The van der Waals surface area contributed by atoms with E-state index in [1.54, 1.807) is 0 Å². The van der Waals surface area contributed by atoms with Crippen molar-refractivity contribution in [2.45, 2.75) is 26.7 Å².